The third-order valence-electron chi connectivity index (χ3n) is 4.45. The first-order chi connectivity index (χ1) is 9.78. The first kappa shape index (κ1) is 13.5. The molecule has 1 aromatic carbocycles. The van der Waals surface area contributed by atoms with Gasteiger partial charge < -0.3 is 9.30 Å². The van der Waals surface area contributed by atoms with Gasteiger partial charge in [0.05, 0.1) is 7.11 Å². The van der Waals surface area contributed by atoms with Gasteiger partial charge in [-0.05, 0) is 57.1 Å². The Morgan fingerprint density at radius 2 is 1.95 bits per heavy atom. The van der Waals surface area contributed by atoms with E-state index in [1.807, 2.05) is 6.07 Å². The number of hydrogen-bond donors (Lipinski definition) is 0. The van der Waals surface area contributed by atoms with Crippen LogP contribution in [0.3, 0.4) is 0 Å². The molecule has 1 aliphatic heterocycles. The Morgan fingerprint density at radius 3 is 2.70 bits per heavy atom. The summed E-state index contributed by atoms with van der Waals surface area (Å²) in [5.74, 6) is 0.930. The van der Waals surface area contributed by atoms with Crippen LogP contribution in [-0.2, 0) is 6.54 Å². The largest absolute Gasteiger partial charge is 0.497 e. The number of aromatic nitrogens is 1. The van der Waals surface area contributed by atoms with Crippen molar-refractivity contribution in [2.45, 2.75) is 38.8 Å². The van der Waals surface area contributed by atoms with Gasteiger partial charge >= 0.3 is 0 Å². The molecule has 1 saturated heterocycles. The van der Waals surface area contributed by atoms with E-state index in [2.05, 4.69) is 40.8 Å². The molecule has 0 spiro atoms. The minimum Gasteiger partial charge on any atom is -0.497 e. The zero-order valence-corrected chi connectivity index (χ0v) is 12.5. The summed E-state index contributed by atoms with van der Waals surface area (Å²) in [5.41, 5.74) is 1.30. The van der Waals surface area contributed by atoms with E-state index in [1.165, 1.54) is 43.3 Å². The van der Waals surface area contributed by atoms with Crippen molar-refractivity contribution in [3.05, 3.63) is 30.5 Å². The molecule has 0 radical (unpaired) electrons. The number of likely N-dealkylation sites (tertiary alicyclic amines) is 1. The van der Waals surface area contributed by atoms with E-state index in [9.17, 15) is 0 Å². The van der Waals surface area contributed by atoms with Crippen LogP contribution in [0.1, 0.15) is 26.2 Å². The van der Waals surface area contributed by atoms with E-state index in [4.69, 9.17) is 4.74 Å². The zero-order chi connectivity index (χ0) is 13.9. The van der Waals surface area contributed by atoms with E-state index >= 15 is 0 Å². The summed E-state index contributed by atoms with van der Waals surface area (Å²) >= 11 is 0. The quantitative estimate of drug-likeness (QED) is 0.847. The average Bonchev–Trinajstić information content (AvgIpc) is 2.90. The standard InChI is InChI=1S/C17H24N2O/c1-14(18-9-4-3-5-10-18)13-19-11-8-15-12-16(20-2)6-7-17(15)19/h6-8,11-12,14H,3-5,9-10,13H2,1-2H3. The number of hydrogen-bond acceptors (Lipinski definition) is 2. The number of piperidine rings is 1. The third-order valence-corrected chi connectivity index (χ3v) is 4.45. The number of nitrogens with zero attached hydrogens (tertiary/aromatic N) is 2. The Morgan fingerprint density at radius 1 is 1.15 bits per heavy atom. The summed E-state index contributed by atoms with van der Waals surface area (Å²) in [7, 11) is 1.72. The van der Waals surface area contributed by atoms with E-state index < -0.39 is 0 Å². The van der Waals surface area contributed by atoms with Crippen LogP contribution in [0.25, 0.3) is 10.9 Å². The predicted octanol–water partition coefficient (Wildman–Crippen LogP) is 3.52. The van der Waals surface area contributed by atoms with Gasteiger partial charge in [-0.1, -0.05) is 6.42 Å². The maximum absolute atomic E-state index is 5.29. The second kappa shape index (κ2) is 5.88. The van der Waals surface area contributed by atoms with E-state index in [0.29, 0.717) is 6.04 Å². The molecule has 20 heavy (non-hydrogen) atoms. The predicted molar refractivity (Wildman–Crippen MR) is 83.4 cm³/mol. The fourth-order valence-electron chi connectivity index (χ4n) is 3.22. The first-order valence-corrected chi connectivity index (χ1v) is 7.65. The number of rotatable bonds is 4. The van der Waals surface area contributed by atoms with Crippen molar-refractivity contribution in [3.8, 4) is 5.75 Å². The van der Waals surface area contributed by atoms with Gasteiger partial charge in [0.2, 0.25) is 0 Å². The molecule has 0 saturated carbocycles. The molecule has 1 unspecified atom stereocenters. The third kappa shape index (κ3) is 2.68. The highest BCUT2D eigenvalue weighted by Crippen LogP contribution is 2.23. The molecule has 3 heteroatoms. The molecule has 2 heterocycles. The number of fused-ring (bicyclic) bond motifs is 1. The van der Waals surface area contributed by atoms with Gasteiger partial charge in [-0.15, -0.1) is 0 Å². The van der Waals surface area contributed by atoms with Crippen molar-refractivity contribution in [1.29, 1.82) is 0 Å². The van der Waals surface area contributed by atoms with Crippen molar-refractivity contribution in [3.63, 3.8) is 0 Å². The smallest absolute Gasteiger partial charge is 0.119 e. The van der Waals surface area contributed by atoms with Crippen LogP contribution in [0.15, 0.2) is 30.5 Å². The number of ether oxygens (including phenoxy) is 1. The van der Waals surface area contributed by atoms with Crippen molar-refractivity contribution in [1.82, 2.24) is 9.47 Å². The number of benzene rings is 1. The van der Waals surface area contributed by atoms with E-state index in [1.54, 1.807) is 7.11 Å². The molecular weight excluding hydrogens is 248 g/mol. The molecule has 0 amide bonds. The van der Waals surface area contributed by atoms with Crippen LogP contribution in [-0.4, -0.2) is 35.7 Å². The van der Waals surface area contributed by atoms with Gasteiger partial charge in [-0.2, -0.15) is 0 Å². The molecule has 0 N–H and O–H groups in total. The fourth-order valence-corrected chi connectivity index (χ4v) is 3.22. The summed E-state index contributed by atoms with van der Waals surface area (Å²) in [6, 6.07) is 9.10. The van der Waals surface area contributed by atoms with Gasteiger partial charge in [-0.25, -0.2) is 0 Å². The second-order valence-electron chi connectivity index (χ2n) is 5.84. The molecule has 0 bridgehead atoms. The van der Waals surface area contributed by atoms with Crippen LogP contribution in [0.2, 0.25) is 0 Å². The first-order valence-electron chi connectivity index (χ1n) is 7.65. The fraction of sp³-hybridized carbons (Fsp3) is 0.529. The van der Waals surface area contributed by atoms with Gasteiger partial charge in [0, 0.05) is 29.7 Å². The van der Waals surface area contributed by atoms with Crippen molar-refractivity contribution < 1.29 is 4.74 Å². The Hall–Kier alpha value is -1.48. The van der Waals surface area contributed by atoms with Crippen molar-refractivity contribution in [2.75, 3.05) is 20.2 Å². The molecule has 1 aromatic heterocycles. The minimum absolute atomic E-state index is 0.605. The van der Waals surface area contributed by atoms with E-state index in [0.717, 1.165) is 12.3 Å². The highest BCUT2D eigenvalue weighted by molar-refractivity contribution is 5.81. The lowest BCUT2D eigenvalue weighted by Crippen LogP contribution is -2.39. The summed E-state index contributed by atoms with van der Waals surface area (Å²) in [5, 5.41) is 1.26. The van der Waals surface area contributed by atoms with Gasteiger partial charge in [0.25, 0.3) is 0 Å². The average molecular weight is 272 g/mol. The maximum atomic E-state index is 5.29. The molecule has 2 aromatic rings. The van der Waals surface area contributed by atoms with Gasteiger partial charge in [-0.3, -0.25) is 4.90 Å². The lowest BCUT2D eigenvalue weighted by molar-refractivity contribution is 0.161. The summed E-state index contributed by atoms with van der Waals surface area (Å²) in [6.45, 7) is 5.93. The molecule has 108 valence electrons. The van der Waals surface area contributed by atoms with Gasteiger partial charge in [0.15, 0.2) is 0 Å². The Labute approximate surface area is 121 Å². The minimum atomic E-state index is 0.605. The van der Waals surface area contributed by atoms with E-state index in [-0.39, 0.29) is 0 Å². The highest BCUT2D eigenvalue weighted by atomic mass is 16.5. The van der Waals surface area contributed by atoms with Crippen molar-refractivity contribution in [2.24, 2.45) is 0 Å². The molecule has 3 rings (SSSR count). The Bertz CT molecular complexity index is 569. The molecular formula is C17H24N2O. The maximum Gasteiger partial charge on any atom is 0.119 e. The zero-order valence-electron chi connectivity index (χ0n) is 12.5. The molecule has 1 atom stereocenters. The van der Waals surface area contributed by atoms with Crippen LogP contribution >= 0.6 is 0 Å². The van der Waals surface area contributed by atoms with Gasteiger partial charge in [0.1, 0.15) is 5.75 Å². The molecule has 3 nitrogen and oxygen atoms in total. The van der Waals surface area contributed by atoms with Crippen LogP contribution < -0.4 is 4.74 Å². The normalized spacial score (nSPS) is 18.3. The SMILES string of the molecule is COc1ccc2c(ccn2CC(C)N2CCCCC2)c1. The highest BCUT2D eigenvalue weighted by Gasteiger charge is 2.17. The molecule has 0 aliphatic carbocycles. The summed E-state index contributed by atoms with van der Waals surface area (Å²) < 4.78 is 7.66. The number of methoxy groups -OCH3 is 1. The summed E-state index contributed by atoms with van der Waals surface area (Å²) in [4.78, 5) is 2.62. The molecule has 1 fully saturated rings. The second-order valence-corrected chi connectivity index (χ2v) is 5.84. The summed E-state index contributed by atoms with van der Waals surface area (Å²) in [6.07, 6.45) is 6.31. The van der Waals surface area contributed by atoms with Crippen LogP contribution in [0.5, 0.6) is 5.75 Å². The Kier molecular flexibility index (Phi) is 3.97. The lowest BCUT2D eigenvalue weighted by Gasteiger charge is -2.32. The van der Waals surface area contributed by atoms with Crippen LogP contribution in [0.4, 0.5) is 0 Å². The topological polar surface area (TPSA) is 17.4 Å². The van der Waals surface area contributed by atoms with Crippen LogP contribution in [0, 0.1) is 0 Å². The molecule has 1 aliphatic rings. The monoisotopic (exact) mass is 272 g/mol. The Balaban J connectivity index is 1.76. The lowest BCUT2D eigenvalue weighted by atomic mass is 10.1. The van der Waals surface area contributed by atoms with Crippen molar-refractivity contribution >= 4 is 10.9 Å².